The second-order valence-corrected chi connectivity index (χ2v) is 10.3. The van der Waals surface area contributed by atoms with Gasteiger partial charge in [0.15, 0.2) is 0 Å². The molecule has 0 N–H and O–H groups in total. The molecule has 3 rings (SSSR count). The number of aromatic nitrogens is 1. The predicted octanol–water partition coefficient (Wildman–Crippen LogP) is 7.36. The zero-order valence-electron chi connectivity index (χ0n) is 20.8. The molecular weight excluding hydrogens is 566 g/mol. The van der Waals surface area contributed by atoms with Crippen molar-refractivity contribution in [3.8, 4) is 0 Å². The quantitative estimate of drug-likeness (QED) is 0.224. The minimum atomic E-state index is -5.19. The van der Waals surface area contributed by atoms with Crippen molar-refractivity contribution >= 4 is 21.8 Å². The summed E-state index contributed by atoms with van der Waals surface area (Å²) in [5.74, 6) is -1.04. The first-order valence-corrected chi connectivity index (χ1v) is 13.0. The van der Waals surface area contributed by atoms with E-state index >= 15 is 0 Å². The fraction of sp³-hybridized carbons (Fsp3) is 0.577. The molecule has 206 valence electrons. The Kier molecular flexibility index (Phi) is 9.77. The van der Waals surface area contributed by atoms with Crippen molar-refractivity contribution in [2.24, 2.45) is 0 Å². The maximum Gasteiger partial charge on any atom is 0.418 e. The van der Waals surface area contributed by atoms with Crippen LogP contribution < -0.4 is 0 Å². The van der Waals surface area contributed by atoms with E-state index in [0.29, 0.717) is 25.8 Å². The summed E-state index contributed by atoms with van der Waals surface area (Å²) in [7, 11) is 1.42. The van der Waals surface area contributed by atoms with Crippen LogP contribution in [-0.4, -0.2) is 42.2 Å². The molecule has 11 heteroatoms. The SMILES string of the molecule is COCCCn1c(C)c(C(F)(F)F)c(C(F)(F)F)c1C1CCCN(C(=O)CCCc2ccc(Br)cc2)C1. The highest BCUT2D eigenvalue weighted by Gasteiger charge is 2.50. The predicted molar refractivity (Wildman–Crippen MR) is 131 cm³/mol. The third kappa shape index (κ3) is 7.31. The molecule has 1 amide bonds. The Hall–Kier alpha value is -2.01. The van der Waals surface area contributed by atoms with E-state index in [4.69, 9.17) is 4.74 Å². The Balaban J connectivity index is 1.85. The number of rotatable bonds is 9. The molecule has 2 aromatic rings. The van der Waals surface area contributed by atoms with Crippen molar-refractivity contribution in [1.29, 1.82) is 0 Å². The largest absolute Gasteiger partial charge is 0.418 e. The number of likely N-dealkylation sites (tertiary alicyclic amines) is 1. The Labute approximate surface area is 221 Å². The first-order valence-electron chi connectivity index (χ1n) is 12.2. The lowest BCUT2D eigenvalue weighted by Gasteiger charge is -2.34. The summed E-state index contributed by atoms with van der Waals surface area (Å²) in [5.41, 5.74) is -3.02. The van der Waals surface area contributed by atoms with E-state index < -0.39 is 35.1 Å². The normalized spacial score (nSPS) is 16.9. The Morgan fingerprint density at radius 2 is 1.70 bits per heavy atom. The number of hydrogen-bond donors (Lipinski definition) is 0. The van der Waals surface area contributed by atoms with Gasteiger partial charge in [0.25, 0.3) is 0 Å². The summed E-state index contributed by atoms with van der Waals surface area (Å²) in [6.07, 6.45) is -7.93. The maximum absolute atomic E-state index is 14.2. The monoisotopic (exact) mass is 596 g/mol. The van der Waals surface area contributed by atoms with Gasteiger partial charge in [0.2, 0.25) is 5.91 Å². The van der Waals surface area contributed by atoms with Crippen molar-refractivity contribution in [3.05, 3.63) is 56.8 Å². The fourth-order valence-electron chi connectivity index (χ4n) is 5.15. The zero-order chi connectivity index (χ0) is 27.4. The van der Waals surface area contributed by atoms with Crippen LogP contribution in [0.1, 0.15) is 66.1 Å². The number of aryl methyl sites for hydroxylation is 1. The highest BCUT2D eigenvalue weighted by molar-refractivity contribution is 9.10. The van der Waals surface area contributed by atoms with E-state index in [9.17, 15) is 31.1 Å². The molecular formula is C26H31BrF6N2O2. The number of ether oxygens (including phenoxy) is 1. The molecule has 1 fully saturated rings. The summed E-state index contributed by atoms with van der Waals surface area (Å²) in [5, 5.41) is 0. The molecule has 1 aliphatic heterocycles. The molecule has 37 heavy (non-hydrogen) atoms. The second-order valence-electron chi connectivity index (χ2n) is 9.37. The lowest BCUT2D eigenvalue weighted by atomic mass is 9.90. The van der Waals surface area contributed by atoms with E-state index in [0.717, 1.165) is 21.5 Å². The number of carbonyl (C=O) groups is 1. The highest BCUT2D eigenvalue weighted by atomic mass is 79.9. The smallest absolute Gasteiger partial charge is 0.385 e. The molecule has 1 aromatic carbocycles. The lowest BCUT2D eigenvalue weighted by Crippen LogP contribution is -2.40. The van der Waals surface area contributed by atoms with E-state index in [1.165, 1.54) is 12.0 Å². The molecule has 0 spiro atoms. The number of nitrogens with zero attached hydrogens (tertiary/aromatic N) is 2. The van der Waals surface area contributed by atoms with E-state index in [2.05, 4.69) is 15.9 Å². The first kappa shape index (κ1) is 29.5. The van der Waals surface area contributed by atoms with Gasteiger partial charge in [-0.05, 0) is 56.7 Å². The minimum Gasteiger partial charge on any atom is -0.385 e. The van der Waals surface area contributed by atoms with Crippen LogP contribution in [0.5, 0.6) is 0 Å². The van der Waals surface area contributed by atoms with E-state index in [1.54, 1.807) is 0 Å². The highest BCUT2D eigenvalue weighted by Crippen LogP contribution is 2.48. The Morgan fingerprint density at radius 1 is 1.05 bits per heavy atom. The van der Waals surface area contributed by atoms with Crippen LogP contribution in [0.4, 0.5) is 26.3 Å². The van der Waals surface area contributed by atoms with Crippen molar-refractivity contribution in [2.45, 2.75) is 70.3 Å². The Bertz CT molecular complexity index is 1060. The number of amides is 1. The molecule has 1 unspecified atom stereocenters. The molecule has 0 saturated carbocycles. The van der Waals surface area contributed by atoms with Gasteiger partial charge in [-0.3, -0.25) is 4.79 Å². The third-order valence-electron chi connectivity index (χ3n) is 6.79. The zero-order valence-corrected chi connectivity index (χ0v) is 22.4. The summed E-state index contributed by atoms with van der Waals surface area (Å²) >= 11 is 3.37. The van der Waals surface area contributed by atoms with E-state index in [-0.39, 0.29) is 50.6 Å². The number of benzene rings is 1. The molecule has 2 heterocycles. The topological polar surface area (TPSA) is 34.5 Å². The summed E-state index contributed by atoms with van der Waals surface area (Å²) < 4.78 is 91.2. The standard InChI is InChI=1S/C26H31BrF6N2O2/c1-17-22(25(28,29)30)23(26(31,32)33)24(35(17)14-5-15-37-2)19-7-4-13-34(16-19)21(36)8-3-6-18-9-11-20(27)12-10-18/h9-12,19H,3-8,13-16H2,1-2H3. The van der Waals surface area contributed by atoms with Gasteiger partial charge in [-0.1, -0.05) is 28.1 Å². The molecule has 1 atom stereocenters. The Morgan fingerprint density at radius 3 is 2.30 bits per heavy atom. The van der Waals surface area contributed by atoms with Crippen molar-refractivity contribution in [2.75, 3.05) is 26.8 Å². The number of hydrogen-bond acceptors (Lipinski definition) is 2. The first-order chi connectivity index (χ1) is 17.3. The molecule has 1 saturated heterocycles. The van der Waals surface area contributed by atoms with Gasteiger partial charge in [-0.15, -0.1) is 0 Å². The molecule has 4 nitrogen and oxygen atoms in total. The van der Waals surface area contributed by atoms with Gasteiger partial charge in [0.05, 0.1) is 11.1 Å². The van der Waals surface area contributed by atoms with Crippen molar-refractivity contribution in [1.82, 2.24) is 9.47 Å². The molecule has 0 radical (unpaired) electrons. The van der Waals surface area contributed by atoms with Gasteiger partial charge in [-0.25, -0.2) is 0 Å². The van der Waals surface area contributed by atoms with E-state index in [1.807, 2.05) is 24.3 Å². The summed E-state index contributed by atoms with van der Waals surface area (Å²) in [6.45, 7) is 1.59. The van der Waals surface area contributed by atoms with Gasteiger partial charge < -0.3 is 14.2 Å². The van der Waals surface area contributed by atoms with Gasteiger partial charge >= 0.3 is 12.4 Å². The lowest BCUT2D eigenvalue weighted by molar-refractivity contribution is -0.162. The number of methoxy groups -OCH3 is 1. The minimum absolute atomic E-state index is 0.0359. The van der Waals surface area contributed by atoms with Gasteiger partial charge in [0, 0.05) is 61.6 Å². The van der Waals surface area contributed by atoms with Crippen LogP contribution in [0.25, 0.3) is 0 Å². The maximum atomic E-state index is 14.2. The van der Waals surface area contributed by atoms with Crippen molar-refractivity contribution < 1.29 is 35.9 Å². The van der Waals surface area contributed by atoms with Crippen LogP contribution in [-0.2, 0) is 34.8 Å². The average Bonchev–Trinajstić information content (AvgIpc) is 3.13. The van der Waals surface area contributed by atoms with Crippen LogP contribution >= 0.6 is 15.9 Å². The number of halogens is 7. The fourth-order valence-corrected chi connectivity index (χ4v) is 5.42. The van der Waals surface area contributed by atoms with Crippen LogP contribution in [0, 0.1) is 6.92 Å². The van der Waals surface area contributed by atoms with Gasteiger partial charge in [-0.2, -0.15) is 26.3 Å². The third-order valence-corrected chi connectivity index (χ3v) is 7.32. The summed E-state index contributed by atoms with van der Waals surface area (Å²) in [4.78, 5) is 14.4. The van der Waals surface area contributed by atoms with Crippen molar-refractivity contribution in [3.63, 3.8) is 0 Å². The van der Waals surface area contributed by atoms with Crippen LogP contribution in [0.2, 0.25) is 0 Å². The van der Waals surface area contributed by atoms with Crippen LogP contribution in [0.15, 0.2) is 28.7 Å². The molecule has 1 aromatic heterocycles. The number of carbonyl (C=O) groups excluding carboxylic acids is 1. The van der Waals surface area contributed by atoms with Gasteiger partial charge in [0.1, 0.15) is 0 Å². The van der Waals surface area contributed by atoms with Crippen LogP contribution in [0.3, 0.4) is 0 Å². The molecule has 0 aliphatic carbocycles. The number of alkyl halides is 6. The summed E-state index contributed by atoms with van der Waals surface area (Å²) in [6, 6.07) is 7.71. The molecule has 0 bridgehead atoms. The molecule has 1 aliphatic rings. The average molecular weight is 597 g/mol. The number of piperidine rings is 1. The second kappa shape index (κ2) is 12.2.